The van der Waals surface area contributed by atoms with E-state index in [-0.39, 0.29) is 5.91 Å². The molecule has 2 aromatic heterocycles. The van der Waals surface area contributed by atoms with Crippen LogP contribution in [0.5, 0.6) is 0 Å². The third-order valence-electron chi connectivity index (χ3n) is 3.51. The highest BCUT2D eigenvalue weighted by molar-refractivity contribution is 5.92. The standard InChI is InChI=1S/C19H19N3O2/c1-13-8-14(2)10-16(9-13)22-15-5-6-18(20-11-15)19(23)21-12-17-4-3-7-24-17/h3-11,22H,12H2,1-2H3,(H,21,23). The highest BCUT2D eigenvalue weighted by atomic mass is 16.3. The molecule has 0 fully saturated rings. The summed E-state index contributed by atoms with van der Waals surface area (Å²) in [5, 5.41) is 6.07. The largest absolute Gasteiger partial charge is 0.467 e. The third-order valence-corrected chi connectivity index (χ3v) is 3.51. The van der Waals surface area contributed by atoms with Crippen LogP contribution in [0.1, 0.15) is 27.4 Å². The molecule has 0 bridgehead atoms. The SMILES string of the molecule is Cc1cc(C)cc(Nc2ccc(C(=O)NCc3ccco3)nc2)c1. The van der Waals surface area contributed by atoms with Crippen LogP contribution in [0.3, 0.4) is 0 Å². The van der Waals surface area contributed by atoms with Crippen molar-refractivity contribution < 1.29 is 9.21 Å². The fraction of sp³-hybridized carbons (Fsp3) is 0.158. The molecule has 3 rings (SSSR count). The average molecular weight is 321 g/mol. The molecule has 122 valence electrons. The van der Waals surface area contributed by atoms with Gasteiger partial charge in [0, 0.05) is 5.69 Å². The average Bonchev–Trinajstić information content (AvgIpc) is 3.06. The number of carbonyl (C=O) groups excluding carboxylic acids is 1. The normalized spacial score (nSPS) is 10.4. The molecule has 0 spiro atoms. The molecular weight excluding hydrogens is 302 g/mol. The first kappa shape index (κ1) is 15.8. The van der Waals surface area contributed by atoms with Crippen molar-refractivity contribution >= 4 is 17.3 Å². The molecule has 0 unspecified atom stereocenters. The number of benzene rings is 1. The summed E-state index contributed by atoms with van der Waals surface area (Å²) in [5.41, 5.74) is 4.60. The number of furan rings is 1. The van der Waals surface area contributed by atoms with Gasteiger partial charge in [0.15, 0.2) is 0 Å². The molecule has 0 radical (unpaired) electrons. The van der Waals surface area contributed by atoms with Gasteiger partial charge in [-0.2, -0.15) is 0 Å². The number of carbonyl (C=O) groups is 1. The van der Waals surface area contributed by atoms with E-state index >= 15 is 0 Å². The Kier molecular flexibility index (Phi) is 4.61. The molecule has 0 aliphatic rings. The van der Waals surface area contributed by atoms with Gasteiger partial charge in [0.25, 0.3) is 5.91 Å². The van der Waals surface area contributed by atoms with Crippen molar-refractivity contribution in [1.82, 2.24) is 10.3 Å². The number of nitrogens with one attached hydrogen (secondary N) is 2. The molecule has 1 amide bonds. The Bertz CT molecular complexity index is 804. The van der Waals surface area contributed by atoms with Gasteiger partial charge in [-0.05, 0) is 61.4 Å². The van der Waals surface area contributed by atoms with E-state index in [2.05, 4.69) is 47.7 Å². The lowest BCUT2D eigenvalue weighted by atomic mass is 10.1. The molecule has 2 N–H and O–H groups in total. The quantitative estimate of drug-likeness (QED) is 0.746. The van der Waals surface area contributed by atoms with Crippen molar-refractivity contribution in [2.45, 2.75) is 20.4 Å². The number of aromatic nitrogens is 1. The first-order valence-electron chi connectivity index (χ1n) is 7.72. The van der Waals surface area contributed by atoms with Crippen LogP contribution in [-0.2, 0) is 6.54 Å². The fourth-order valence-corrected chi connectivity index (χ4v) is 2.49. The first-order chi connectivity index (χ1) is 11.6. The Morgan fingerprint density at radius 3 is 2.50 bits per heavy atom. The summed E-state index contributed by atoms with van der Waals surface area (Å²) < 4.78 is 5.18. The van der Waals surface area contributed by atoms with Gasteiger partial charge >= 0.3 is 0 Å². The summed E-state index contributed by atoms with van der Waals surface area (Å²) in [4.78, 5) is 16.3. The van der Waals surface area contributed by atoms with Crippen LogP contribution < -0.4 is 10.6 Å². The van der Waals surface area contributed by atoms with Crippen molar-refractivity contribution in [2.75, 3.05) is 5.32 Å². The summed E-state index contributed by atoms with van der Waals surface area (Å²) in [7, 11) is 0. The van der Waals surface area contributed by atoms with E-state index in [9.17, 15) is 4.79 Å². The van der Waals surface area contributed by atoms with Crippen LogP contribution in [0.4, 0.5) is 11.4 Å². The summed E-state index contributed by atoms with van der Waals surface area (Å²) in [5.74, 6) is 0.473. The van der Waals surface area contributed by atoms with E-state index < -0.39 is 0 Å². The molecule has 5 heteroatoms. The van der Waals surface area contributed by atoms with Crippen LogP contribution in [0, 0.1) is 13.8 Å². The smallest absolute Gasteiger partial charge is 0.270 e. The number of pyridine rings is 1. The fourth-order valence-electron chi connectivity index (χ4n) is 2.49. The van der Waals surface area contributed by atoms with E-state index in [1.807, 2.05) is 12.1 Å². The van der Waals surface area contributed by atoms with Gasteiger partial charge in [0.1, 0.15) is 11.5 Å². The Morgan fingerprint density at radius 2 is 1.88 bits per heavy atom. The van der Waals surface area contributed by atoms with Crippen molar-refractivity contribution in [3.63, 3.8) is 0 Å². The molecule has 0 atom stereocenters. The zero-order valence-corrected chi connectivity index (χ0v) is 13.7. The maximum absolute atomic E-state index is 12.1. The molecule has 0 saturated heterocycles. The lowest BCUT2D eigenvalue weighted by Gasteiger charge is -2.09. The highest BCUT2D eigenvalue weighted by Crippen LogP contribution is 2.19. The van der Waals surface area contributed by atoms with E-state index in [1.165, 1.54) is 11.1 Å². The van der Waals surface area contributed by atoms with Gasteiger partial charge in [-0.15, -0.1) is 0 Å². The number of rotatable bonds is 5. The summed E-state index contributed by atoms with van der Waals surface area (Å²) >= 11 is 0. The minimum absolute atomic E-state index is 0.232. The van der Waals surface area contributed by atoms with Crippen LogP contribution in [0.15, 0.2) is 59.3 Å². The Balaban J connectivity index is 1.63. The van der Waals surface area contributed by atoms with Gasteiger partial charge in [-0.3, -0.25) is 4.79 Å². The second-order valence-corrected chi connectivity index (χ2v) is 5.70. The zero-order valence-electron chi connectivity index (χ0n) is 13.7. The van der Waals surface area contributed by atoms with E-state index in [0.717, 1.165) is 11.4 Å². The van der Waals surface area contributed by atoms with Gasteiger partial charge < -0.3 is 15.1 Å². The molecule has 0 aliphatic carbocycles. The molecule has 0 saturated carbocycles. The number of amides is 1. The number of aryl methyl sites for hydroxylation is 2. The number of hydrogen-bond donors (Lipinski definition) is 2. The molecule has 0 aliphatic heterocycles. The monoisotopic (exact) mass is 321 g/mol. The van der Waals surface area contributed by atoms with E-state index in [4.69, 9.17) is 4.42 Å². The van der Waals surface area contributed by atoms with Crippen LogP contribution in [-0.4, -0.2) is 10.9 Å². The minimum atomic E-state index is -0.232. The van der Waals surface area contributed by atoms with E-state index in [0.29, 0.717) is 18.0 Å². The maximum atomic E-state index is 12.1. The zero-order chi connectivity index (χ0) is 16.9. The Morgan fingerprint density at radius 1 is 1.08 bits per heavy atom. The maximum Gasteiger partial charge on any atom is 0.270 e. The molecule has 24 heavy (non-hydrogen) atoms. The highest BCUT2D eigenvalue weighted by Gasteiger charge is 2.08. The topological polar surface area (TPSA) is 67.2 Å². The van der Waals surface area contributed by atoms with Crippen molar-refractivity contribution in [2.24, 2.45) is 0 Å². The number of nitrogens with zero attached hydrogens (tertiary/aromatic N) is 1. The molecule has 2 heterocycles. The van der Waals surface area contributed by atoms with Crippen LogP contribution >= 0.6 is 0 Å². The van der Waals surface area contributed by atoms with Crippen molar-refractivity contribution in [3.8, 4) is 0 Å². The summed E-state index contributed by atoms with van der Waals surface area (Å²) in [6.07, 6.45) is 3.23. The van der Waals surface area contributed by atoms with Gasteiger partial charge in [0.05, 0.1) is 24.7 Å². The molecule has 3 aromatic rings. The third kappa shape index (κ3) is 4.01. The Hall–Kier alpha value is -3.08. The lowest BCUT2D eigenvalue weighted by molar-refractivity contribution is 0.0943. The van der Waals surface area contributed by atoms with Gasteiger partial charge in [-0.1, -0.05) is 6.07 Å². The lowest BCUT2D eigenvalue weighted by Crippen LogP contribution is -2.23. The molecular formula is C19H19N3O2. The summed E-state index contributed by atoms with van der Waals surface area (Å²) in [6.45, 7) is 4.46. The van der Waals surface area contributed by atoms with Crippen LogP contribution in [0.25, 0.3) is 0 Å². The van der Waals surface area contributed by atoms with Gasteiger partial charge in [0.2, 0.25) is 0 Å². The predicted octanol–water partition coefficient (Wildman–Crippen LogP) is 3.97. The number of anilines is 2. The summed E-state index contributed by atoms with van der Waals surface area (Å²) in [6, 6.07) is 13.4. The molecule has 1 aromatic carbocycles. The van der Waals surface area contributed by atoms with E-state index in [1.54, 1.807) is 24.6 Å². The van der Waals surface area contributed by atoms with Gasteiger partial charge in [-0.25, -0.2) is 4.98 Å². The minimum Gasteiger partial charge on any atom is -0.467 e. The second-order valence-electron chi connectivity index (χ2n) is 5.70. The molecule has 5 nitrogen and oxygen atoms in total. The van der Waals surface area contributed by atoms with Crippen molar-refractivity contribution in [1.29, 1.82) is 0 Å². The van der Waals surface area contributed by atoms with Crippen molar-refractivity contribution in [3.05, 3.63) is 77.5 Å². The number of hydrogen-bond acceptors (Lipinski definition) is 4. The Labute approximate surface area is 140 Å². The predicted molar refractivity (Wildman–Crippen MR) is 93.3 cm³/mol. The first-order valence-corrected chi connectivity index (χ1v) is 7.72. The van der Waals surface area contributed by atoms with Crippen LogP contribution in [0.2, 0.25) is 0 Å². The second kappa shape index (κ2) is 7.00.